The van der Waals surface area contributed by atoms with Crippen molar-refractivity contribution in [2.45, 2.75) is 13.8 Å². The van der Waals surface area contributed by atoms with Crippen LogP contribution in [0.2, 0.25) is 0 Å². The Balaban J connectivity index is 2.95. The maximum absolute atomic E-state index is 4.96. The fraction of sp³-hybridized carbons (Fsp3) is 1.00. The first-order chi connectivity index (χ1) is 4.31. The van der Waals surface area contributed by atoms with Gasteiger partial charge in [0.25, 0.3) is 0 Å². The van der Waals surface area contributed by atoms with Crippen molar-refractivity contribution in [2.75, 3.05) is 26.8 Å². The highest BCUT2D eigenvalue weighted by atomic mass is 16.5. The minimum atomic E-state index is 0.634. The molecule has 0 fully saturated rings. The minimum absolute atomic E-state index is 0.634. The summed E-state index contributed by atoms with van der Waals surface area (Å²) in [6.07, 6.45) is 0. The van der Waals surface area contributed by atoms with Crippen molar-refractivity contribution in [3.63, 3.8) is 0 Å². The lowest BCUT2D eigenvalue weighted by molar-refractivity contribution is 0.159. The molecule has 0 spiro atoms. The fourth-order valence-electron chi connectivity index (χ4n) is 0.734. The number of hydrogen-bond acceptors (Lipinski definition) is 2. The van der Waals surface area contributed by atoms with Crippen molar-refractivity contribution in [1.29, 1.82) is 0 Å². The van der Waals surface area contributed by atoms with Gasteiger partial charge in [0.15, 0.2) is 0 Å². The van der Waals surface area contributed by atoms with Crippen molar-refractivity contribution in [3.8, 4) is 0 Å². The van der Waals surface area contributed by atoms with Gasteiger partial charge in [-0.05, 0) is 19.0 Å². The standard InChI is InChI=1S/C7H17NO/c1-4-8-5-7(2)6-9-3/h7-8H,4-6H2,1-3H3. The number of ether oxygens (including phenoxy) is 1. The van der Waals surface area contributed by atoms with Crippen LogP contribution in [-0.2, 0) is 4.74 Å². The maximum Gasteiger partial charge on any atom is 0.0499 e. The zero-order valence-corrected chi connectivity index (χ0v) is 6.61. The first kappa shape index (κ1) is 8.92. The maximum atomic E-state index is 4.96. The topological polar surface area (TPSA) is 21.3 Å². The Morgan fingerprint density at radius 1 is 1.56 bits per heavy atom. The molecule has 0 bridgehead atoms. The summed E-state index contributed by atoms with van der Waals surface area (Å²) >= 11 is 0. The van der Waals surface area contributed by atoms with Crippen LogP contribution in [0.1, 0.15) is 13.8 Å². The van der Waals surface area contributed by atoms with Crippen LogP contribution in [0, 0.1) is 5.92 Å². The summed E-state index contributed by atoms with van der Waals surface area (Å²) in [4.78, 5) is 0. The molecule has 9 heavy (non-hydrogen) atoms. The summed E-state index contributed by atoms with van der Waals surface area (Å²) in [5, 5.41) is 3.25. The molecular weight excluding hydrogens is 114 g/mol. The third kappa shape index (κ3) is 5.80. The van der Waals surface area contributed by atoms with Crippen molar-refractivity contribution in [2.24, 2.45) is 5.92 Å². The van der Waals surface area contributed by atoms with Crippen molar-refractivity contribution in [3.05, 3.63) is 0 Å². The van der Waals surface area contributed by atoms with E-state index in [2.05, 4.69) is 19.2 Å². The highest BCUT2D eigenvalue weighted by molar-refractivity contribution is 4.52. The molecule has 0 radical (unpaired) electrons. The van der Waals surface area contributed by atoms with Crippen LogP contribution in [0.15, 0.2) is 0 Å². The molecule has 0 saturated carbocycles. The van der Waals surface area contributed by atoms with Crippen molar-refractivity contribution < 1.29 is 4.74 Å². The summed E-state index contributed by atoms with van der Waals surface area (Å²) in [7, 11) is 1.74. The van der Waals surface area contributed by atoms with Crippen LogP contribution in [0.5, 0.6) is 0 Å². The van der Waals surface area contributed by atoms with E-state index in [1.165, 1.54) is 0 Å². The van der Waals surface area contributed by atoms with Gasteiger partial charge in [-0.25, -0.2) is 0 Å². The number of hydrogen-bond donors (Lipinski definition) is 1. The molecule has 0 aromatic rings. The first-order valence-electron chi connectivity index (χ1n) is 3.50. The average Bonchev–Trinajstić information content (AvgIpc) is 1.85. The Morgan fingerprint density at radius 3 is 2.67 bits per heavy atom. The molecule has 0 aliphatic carbocycles. The Morgan fingerprint density at radius 2 is 2.22 bits per heavy atom. The van der Waals surface area contributed by atoms with E-state index in [4.69, 9.17) is 4.74 Å². The van der Waals surface area contributed by atoms with Crippen LogP contribution < -0.4 is 5.32 Å². The second kappa shape index (κ2) is 6.05. The lowest BCUT2D eigenvalue weighted by Crippen LogP contribution is -2.23. The lowest BCUT2D eigenvalue weighted by atomic mass is 10.2. The smallest absolute Gasteiger partial charge is 0.0499 e. The molecular formula is C7H17NO. The van der Waals surface area contributed by atoms with Gasteiger partial charge in [-0.3, -0.25) is 0 Å². The molecule has 0 heterocycles. The predicted octanol–water partition coefficient (Wildman–Crippen LogP) is 0.878. The average molecular weight is 131 g/mol. The zero-order chi connectivity index (χ0) is 7.11. The Labute approximate surface area is 57.6 Å². The second-order valence-electron chi connectivity index (χ2n) is 2.37. The fourth-order valence-corrected chi connectivity index (χ4v) is 0.734. The van der Waals surface area contributed by atoms with E-state index in [1.54, 1.807) is 7.11 Å². The highest BCUT2D eigenvalue weighted by Gasteiger charge is 1.97. The number of methoxy groups -OCH3 is 1. The van der Waals surface area contributed by atoms with Crippen molar-refractivity contribution >= 4 is 0 Å². The molecule has 56 valence electrons. The summed E-state index contributed by atoms with van der Waals surface area (Å²) < 4.78 is 4.96. The van der Waals surface area contributed by atoms with E-state index < -0.39 is 0 Å². The molecule has 0 aliphatic rings. The summed E-state index contributed by atoms with van der Waals surface area (Å²) in [5.74, 6) is 0.634. The van der Waals surface area contributed by atoms with Gasteiger partial charge in [-0.1, -0.05) is 13.8 Å². The number of rotatable bonds is 5. The molecule has 0 amide bonds. The van der Waals surface area contributed by atoms with Crippen LogP contribution in [0.4, 0.5) is 0 Å². The minimum Gasteiger partial charge on any atom is -0.384 e. The Bertz CT molecular complexity index is 56.9. The van der Waals surface area contributed by atoms with Gasteiger partial charge in [0.05, 0.1) is 0 Å². The van der Waals surface area contributed by atoms with Gasteiger partial charge in [0.2, 0.25) is 0 Å². The summed E-state index contributed by atoms with van der Waals surface area (Å²) in [5.41, 5.74) is 0. The van der Waals surface area contributed by atoms with Gasteiger partial charge < -0.3 is 10.1 Å². The third-order valence-electron chi connectivity index (χ3n) is 1.19. The van der Waals surface area contributed by atoms with E-state index in [0.29, 0.717) is 5.92 Å². The molecule has 1 N–H and O–H groups in total. The quantitative estimate of drug-likeness (QED) is 0.598. The SMILES string of the molecule is CCNCC(C)COC. The third-order valence-corrected chi connectivity index (χ3v) is 1.19. The molecule has 0 aromatic heterocycles. The van der Waals surface area contributed by atoms with Gasteiger partial charge in [0, 0.05) is 13.7 Å². The van der Waals surface area contributed by atoms with Crippen LogP contribution in [-0.4, -0.2) is 26.8 Å². The predicted molar refractivity (Wildman–Crippen MR) is 39.6 cm³/mol. The normalized spacial score (nSPS) is 13.7. The van der Waals surface area contributed by atoms with Crippen molar-refractivity contribution in [1.82, 2.24) is 5.32 Å². The van der Waals surface area contributed by atoms with E-state index in [-0.39, 0.29) is 0 Å². The molecule has 0 rings (SSSR count). The van der Waals surface area contributed by atoms with Crippen LogP contribution >= 0.6 is 0 Å². The van der Waals surface area contributed by atoms with Gasteiger partial charge in [0.1, 0.15) is 0 Å². The second-order valence-corrected chi connectivity index (χ2v) is 2.37. The molecule has 1 unspecified atom stereocenters. The summed E-state index contributed by atoms with van der Waals surface area (Å²) in [6, 6.07) is 0. The van der Waals surface area contributed by atoms with Gasteiger partial charge in [-0.2, -0.15) is 0 Å². The van der Waals surface area contributed by atoms with Gasteiger partial charge in [-0.15, -0.1) is 0 Å². The first-order valence-corrected chi connectivity index (χ1v) is 3.50. The van der Waals surface area contributed by atoms with E-state index >= 15 is 0 Å². The van der Waals surface area contributed by atoms with Crippen LogP contribution in [0.25, 0.3) is 0 Å². The molecule has 0 saturated heterocycles. The monoisotopic (exact) mass is 131 g/mol. The molecule has 0 aliphatic heterocycles. The molecule has 2 nitrogen and oxygen atoms in total. The largest absolute Gasteiger partial charge is 0.384 e. The Kier molecular flexibility index (Phi) is 5.99. The van der Waals surface area contributed by atoms with Gasteiger partial charge >= 0.3 is 0 Å². The summed E-state index contributed by atoms with van der Waals surface area (Å²) in [6.45, 7) is 7.25. The van der Waals surface area contributed by atoms with E-state index in [1.807, 2.05) is 0 Å². The number of nitrogens with one attached hydrogen (secondary N) is 1. The molecule has 1 atom stereocenters. The lowest BCUT2D eigenvalue weighted by Gasteiger charge is -2.08. The molecule has 2 heteroatoms. The Hall–Kier alpha value is -0.0800. The van der Waals surface area contributed by atoms with Crippen LogP contribution in [0.3, 0.4) is 0 Å². The molecule has 0 aromatic carbocycles. The van der Waals surface area contributed by atoms with E-state index in [0.717, 1.165) is 19.7 Å². The zero-order valence-electron chi connectivity index (χ0n) is 6.61. The van der Waals surface area contributed by atoms with E-state index in [9.17, 15) is 0 Å². The highest BCUT2D eigenvalue weighted by Crippen LogP contribution is 1.90.